The number of carbonyl (C=O) groups is 2. The highest BCUT2D eigenvalue weighted by atomic mass is 16.2. The van der Waals surface area contributed by atoms with Crippen LogP contribution in [0.5, 0.6) is 0 Å². The number of benzene rings is 2. The van der Waals surface area contributed by atoms with Gasteiger partial charge >= 0.3 is 0 Å². The van der Waals surface area contributed by atoms with Crippen molar-refractivity contribution in [2.24, 2.45) is 5.10 Å². The molecule has 0 aliphatic carbocycles. The van der Waals surface area contributed by atoms with Crippen LogP contribution < -0.4 is 15.6 Å². The van der Waals surface area contributed by atoms with Crippen molar-refractivity contribution in [1.82, 2.24) is 15.6 Å². The molecule has 0 spiro atoms. The molecule has 182 valence electrons. The number of piperidine rings is 1. The first-order valence-corrected chi connectivity index (χ1v) is 12.2. The number of rotatable bonds is 11. The number of amides is 2. The summed E-state index contributed by atoms with van der Waals surface area (Å²) in [6.45, 7) is 2.49. The van der Waals surface area contributed by atoms with Crippen LogP contribution in [0.3, 0.4) is 0 Å². The molecule has 0 radical (unpaired) electrons. The van der Waals surface area contributed by atoms with Gasteiger partial charge in [-0.1, -0.05) is 36.8 Å². The van der Waals surface area contributed by atoms with Crippen LogP contribution in [-0.2, 0) is 4.79 Å². The topological polar surface area (TPSA) is 77.0 Å². The minimum Gasteiger partial charge on any atom is -0.378 e. The smallest absolute Gasteiger partial charge is 0.257 e. The van der Waals surface area contributed by atoms with Crippen molar-refractivity contribution in [2.75, 3.05) is 38.6 Å². The van der Waals surface area contributed by atoms with Crippen molar-refractivity contribution >= 4 is 23.7 Å². The predicted octanol–water partition coefficient (Wildman–Crippen LogP) is 3.66. The van der Waals surface area contributed by atoms with Gasteiger partial charge in [-0.2, -0.15) is 5.10 Å². The number of hydrogen-bond donors (Lipinski definition) is 2. The fraction of sp³-hybridized carbons (Fsp3) is 0.444. The van der Waals surface area contributed by atoms with Gasteiger partial charge in [0.05, 0.1) is 12.3 Å². The van der Waals surface area contributed by atoms with Crippen LogP contribution in [0.2, 0.25) is 0 Å². The molecule has 3 rings (SSSR count). The van der Waals surface area contributed by atoms with Gasteiger partial charge in [-0.15, -0.1) is 0 Å². The first-order chi connectivity index (χ1) is 16.5. The summed E-state index contributed by atoms with van der Waals surface area (Å²) >= 11 is 0. The Labute approximate surface area is 203 Å². The van der Waals surface area contributed by atoms with E-state index < -0.39 is 0 Å². The highest BCUT2D eigenvalue weighted by molar-refractivity contribution is 5.94. The van der Waals surface area contributed by atoms with Gasteiger partial charge in [0.25, 0.3) is 11.8 Å². The van der Waals surface area contributed by atoms with Crippen molar-refractivity contribution < 1.29 is 9.59 Å². The third-order valence-corrected chi connectivity index (χ3v) is 6.16. The minimum atomic E-state index is -0.196. The molecular weight excluding hydrogens is 426 g/mol. The lowest BCUT2D eigenvalue weighted by atomic mass is 10.0. The number of likely N-dealkylation sites (tertiary alicyclic amines) is 1. The molecule has 1 fully saturated rings. The number of hydrazone groups is 1. The van der Waals surface area contributed by atoms with Crippen molar-refractivity contribution in [2.45, 2.75) is 44.6 Å². The zero-order chi connectivity index (χ0) is 24.2. The number of anilines is 1. The third-order valence-electron chi connectivity index (χ3n) is 6.16. The molecule has 1 unspecified atom stereocenters. The Morgan fingerprint density at radius 3 is 2.38 bits per heavy atom. The van der Waals surface area contributed by atoms with E-state index in [1.54, 1.807) is 6.21 Å². The summed E-state index contributed by atoms with van der Waals surface area (Å²) in [5.74, 6) is -0.116. The van der Waals surface area contributed by atoms with E-state index in [-0.39, 0.29) is 17.9 Å². The fourth-order valence-corrected chi connectivity index (χ4v) is 4.17. The van der Waals surface area contributed by atoms with Gasteiger partial charge in [0.1, 0.15) is 0 Å². The number of carbonyl (C=O) groups excluding carboxylic acids is 2. The maximum Gasteiger partial charge on any atom is 0.257 e. The Morgan fingerprint density at radius 2 is 1.71 bits per heavy atom. The summed E-state index contributed by atoms with van der Waals surface area (Å²) in [7, 11) is 4.00. The van der Waals surface area contributed by atoms with E-state index >= 15 is 0 Å². The van der Waals surface area contributed by atoms with E-state index in [0.29, 0.717) is 12.1 Å². The Balaban J connectivity index is 1.47. The van der Waals surface area contributed by atoms with Crippen LogP contribution in [0.4, 0.5) is 5.69 Å². The lowest BCUT2D eigenvalue weighted by Crippen LogP contribution is -2.47. The molecule has 2 aromatic carbocycles. The molecule has 1 saturated heterocycles. The Bertz CT molecular complexity index is 922. The van der Waals surface area contributed by atoms with Gasteiger partial charge in [0, 0.05) is 31.9 Å². The Morgan fingerprint density at radius 1 is 1.00 bits per heavy atom. The average Bonchev–Trinajstić information content (AvgIpc) is 2.87. The predicted molar refractivity (Wildman–Crippen MR) is 138 cm³/mol. The second-order valence-corrected chi connectivity index (χ2v) is 8.95. The zero-order valence-corrected chi connectivity index (χ0v) is 20.4. The van der Waals surface area contributed by atoms with E-state index in [4.69, 9.17) is 0 Å². The van der Waals surface area contributed by atoms with Crippen molar-refractivity contribution in [3.05, 3.63) is 65.7 Å². The first kappa shape index (κ1) is 25.4. The number of nitrogens with zero attached hydrogens (tertiary/aromatic N) is 3. The van der Waals surface area contributed by atoms with Crippen LogP contribution >= 0.6 is 0 Å². The first-order valence-electron chi connectivity index (χ1n) is 12.2. The van der Waals surface area contributed by atoms with Gasteiger partial charge in [0.2, 0.25) is 0 Å². The molecule has 0 aromatic heterocycles. The van der Waals surface area contributed by atoms with Gasteiger partial charge in [-0.25, -0.2) is 5.43 Å². The van der Waals surface area contributed by atoms with Crippen LogP contribution in [0, 0.1) is 0 Å². The van der Waals surface area contributed by atoms with Gasteiger partial charge in [-0.05, 0) is 75.0 Å². The summed E-state index contributed by atoms with van der Waals surface area (Å²) in [5, 5.41) is 7.18. The molecule has 2 N–H and O–H groups in total. The monoisotopic (exact) mass is 463 g/mol. The lowest BCUT2D eigenvalue weighted by molar-refractivity contribution is -0.127. The molecule has 34 heavy (non-hydrogen) atoms. The molecule has 0 bridgehead atoms. The van der Waals surface area contributed by atoms with E-state index in [9.17, 15) is 9.59 Å². The van der Waals surface area contributed by atoms with Crippen molar-refractivity contribution in [3.63, 3.8) is 0 Å². The van der Waals surface area contributed by atoms with Crippen LogP contribution in [0.15, 0.2) is 59.7 Å². The largest absolute Gasteiger partial charge is 0.378 e. The van der Waals surface area contributed by atoms with E-state index in [2.05, 4.69) is 20.7 Å². The maximum absolute atomic E-state index is 13.0. The zero-order valence-electron chi connectivity index (χ0n) is 20.4. The summed E-state index contributed by atoms with van der Waals surface area (Å²) in [6, 6.07) is 17.1. The third kappa shape index (κ3) is 7.99. The number of unbranched alkanes of at least 4 members (excludes halogenated alkanes) is 1. The highest BCUT2D eigenvalue weighted by Gasteiger charge is 2.26. The molecule has 2 aromatic rings. The fourth-order valence-electron chi connectivity index (χ4n) is 4.17. The van der Waals surface area contributed by atoms with Gasteiger partial charge in [-0.3, -0.25) is 14.5 Å². The van der Waals surface area contributed by atoms with Crippen molar-refractivity contribution in [1.29, 1.82) is 0 Å². The van der Waals surface area contributed by atoms with E-state index in [0.717, 1.165) is 56.4 Å². The second-order valence-electron chi connectivity index (χ2n) is 8.95. The standard InChI is InChI=1S/C27H37N5O2/c1-31(2)24-16-14-22(15-17-24)21-29-30-27(34)25(32-19-9-4-10-20-32)13-7-8-18-28-26(33)23-11-5-3-6-12-23/h3,5-6,11-12,14-17,21,25H,4,7-10,13,18-20H2,1-2H3,(H,28,33)(H,30,34)/b29-21+. The van der Waals surface area contributed by atoms with Gasteiger partial charge < -0.3 is 10.2 Å². The molecule has 2 amide bonds. The molecule has 7 heteroatoms. The minimum absolute atomic E-state index is 0.0566. The lowest BCUT2D eigenvalue weighted by Gasteiger charge is -2.33. The summed E-state index contributed by atoms with van der Waals surface area (Å²) in [5.41, 5.74) is 5.48. The van der Waals surface area contributed by atoms with E-state index in [1.165, 1.54) is 6.42 Å². The molecule has 1 aliphatic heterocycles. The van der Waals surface area contributed by atoms with E-state index in [1.807, 2.05) is 73.6 Å². The Kier molecular flexibility index (Phi) is 10.1. The highest BCUT2D eigenvalue weighted by Crippen LogP contribution is 2.17. The summed E-state index contributed by atoms with van der Waals surface area (Å²) < 4.78 is 0. The summed E-state index contributed by atoms with van der Waals surface area (Å²) in [4.78, 5) is 29.5. The maximum atomic E-state index is 13.0. The Hall–Kier alpha value is -3.19. The summed E-state index contributed by atoms with van der Waals surface area (Å²) in [6.07, 6.45) is 7.59. The van der Waals surface area contributed by atoms with Crippen molar-refractivity contribution in [3.8, 4) is 0 Å². The number of nitrogens with one attached hydrogen (secondary N) is 2. The number of hydrogen-bond acceptors (Lipinski definition) is 5. The molecular formula is C27H37N5O2. The molecule has 0 saturated carbocycles. The molecule has 1 atom stereocenters. The normalized spacial score (nSPS) is 15.1. The quantitative estimate of drug-likeness (QED) is 0.303. The van der Waals surface area contributed by atoms with Crippen LogP contribution in [0.25, 0.3) is 0 Å². The average molecular weight is 464 g/mol. The van der Waals surface area contributed by atoms with Crippen LogP contribution in [-0.4, -0.2) is 62.7 Å². The molecule has 1 heterocycles. The molecule has 7 nitrogen and oxygen atoms in total. The molecule has 1 aliphatic rings. The SMILES string of the molecule is CN(C)c1ccc(/C=N/NC(=O)C(CCCCNC(=O)c2ccccc2)N2CCCCC2)cc1. The van der Waals surface area contributed by atoms with Gasteiger partial charge in [0.15, 0.2) is 0 Å². The van der Waals surface area contributed by atoms with Crippen LogP contribution in [0.1, 0.15) is 54.4 Å². The second kappa shape index (κ2) is 13.5.